The molecule has 4 aromatic rings. The Morgan fingerprint density at radius 3 is 2.78 bits per heavy atom. The number of carbonyl (C=O) groups is 1. The molecule has 0 fully saturated rings. The summed E-state index contributed by atoms with van der Waals surface area (Å²) in [5.41, 5.74) is 5.34. The fraction of sp³-hybridized carbons (Fsp3) is 0.125. The van der Waals surface area contributed by atoms with E-state index in [-0.39, 0.29) is 5.91 Å². The average Bonchev–Trinajstić information content (AvgIpc) is 3.12. The summed E-state index contributed by atoms with van der Waals surface area (Å²) in [6.45, 7) is 4.09. The van der Waals surface area contributed by atoms with Gasteiger partial charge in [-0.25, -0.2) is 4.98 Å². The van der Waals surface area contributed by atoms with E-state index in [1.54, 1.807) is 18.2 Å². The van der Waals surface area contributed by atoms with E-state index in [9.17, 15) is 4.79 Å². The zero-order chi connectivity index (χ0) is 16.0. The second-order valence-corrected chi connectivity index (χ2v) is 6.93. The second kappa shape index (κ2) is 5.36. The number of hydrogen-bond acceptors (Lipinski definition) is 6. The molecule has 0 spiro atoms. The lowest BCUT2D eigenvalue weighted by atomic mass is 10.1. The summed E-state index contributed by atoms with van der Waals surface area (Å²) in [5.74, 6) is -0.187. The first-order chi connectivity index (χ1) is 11.1. The minimum atomic E-state index is -0.187. The first-order valence-corrected chi connectivity index (χ1v) is 8.56. The molecule has 7 heteroatoms. The molecule has 5 nitrogen and oxygen atoms in total. The SMILES string of the molecule is Cc1cc(C)c2nc(NC(=O)c3ccc4nsnc4c3)sc2c1. The Labute approximate surface area is 140 Å². The smallest absolute Gasteiger partial charge is 0.257 e. The van der Waals surface area contributed by atoms with Gasteiger partial charge in [-0.15, -0.1) is 0 Å². The first kappa shape index (κ1) is 14.2. The van der Waals surface area contributed by atoms with E-state index in [4.69, 9.17) is 0 Å². The molecule has 0 aliphatic rings. The lowest BCUT2D eigenvalue weighted by Gasteiger charge is -2.00. The maximum Gasteiger partial charge on any atom is 0.257 e. The molecule has 0 aliphatic carbocycles. The van der Waals surface area contributed by atoms with Gasteiger partial charge < -0.3 is 0 Å². The Balaban J connectivity index is 1.66. The summed E-state index contributed by atoms with van der Waals surface area (Å²) < 4.78 is 9.38. The third kappa shape index (κ3) is 2.58. The first-order valence-electron chi connectivity index (χ1n) is 7.01. The quantitative estimate of drug-likeness (QED) is 0.595. The Kier molecular flexibility index (Phi) is 3.32. The number of benzene rings is 2. The molecule has 0 aliphatic heterocycles. The molecule has 0 radical (unpaired) electrons. The van der Waals surface area contributed by atoms with Crippen LogP contribution in [0, 0.1) is 13.8 Å². The van der Waals surface area contributed by atoms with Gasteiger partial charge in [-0.05, 0) is 49.2 Å². The van der Waals surface area contributed by atoms with Crippen molar-refractivity contribution in [3.63, 3.8) is 0 Å². The van der Waals surface area contributed by atoms with Gasteiger partial charge in [0.15, 0.2) is 5.13 Å². The van der Waals surface area contributed by atoms with Crippen molar-refractivity contribution in [3.8, 4) is 0 Å². The molecule has 114 valence electrons. The normalized spacial score (nSPS) is 11.2. The maximum absolute atomic E-state index is 12.4. The number of hydrogen-bond donors (Lipinski definition) is 1. The van der Waals surface area contributed by atoms with Crippen molar-refractivity contribution in [2.24, 2.45) is 0 Å². The van der Waals surface area contributed by atoms with E-state index in [2.05, 4.69) is 38.1 Å². The average molecular weight is 340 g/mol. The van der Waals surface area contributed by atoms with Crippen LogP contribution in [-0.2, 0) is 0 Å². The number of aromatic nitrogens is 3. The molecule has 2 aromatic carbocycles. The molecule has 0 bridgehead atoms. The minimum Gasteiger partial charge on any atom is -0.298 e. The van der Waals surface area contributed by atoms with Crippen molar-refractivity contribution >= 4 is 55.4 Å². The number of aryl methyl sites for hydroxylation is 2. The summed E-state index contributed by atoms with van der Waals surface area (Å²) in [6.07, 6.45) is 0. The number of amides is 1. The molecule has 0 saturated carbocycles. The van der Waals surface area contributed by atoms with E-state index in [1.165, 1.54) is 16.9 Å². The minimum absolute atomic E-state index is 0.187. The number of nitrogens with zero attached hydrogens (tertiary/aromatic N) is 3. The zero-order valence-corrected chi connectivity index (χ0v) is 14.1. The fourth-order valence-electron chi connectivity index (χ4n) is 2.52. The van der Waals surface area contributed by atoms with Gasteiger partial charge in [0.05, 0.1) is 21.9 Å². The van der Waals surface area contributed by atoms with Crippen LogP contribution in [-0.4, -0.2) is 19.6 Å². The van der Waals surface area contributed by atoms with Crippen LogP contribution in [0.3, 0.4) is 0 Å². The van der Waals surface area contributed by atoms with Crippen molar-refractivity contribution in [1.82, 2.24) is 13.7 Å². The molecular weight excluding hydrogens is 328 g/mol. The molecule has 1 N–H and O–H groups in total. The molecule has 2 heterocycles. The van der Waals surface area contributed by atoms with E-state index in [1.807, 2.05) is 6.92 Å². The third-order valence-electron chi connectivity index (χ3n) is 3.57. The van der Waals surface area contributed by atoms with Crippen LogP contribution >= 0.6 is 23.1 Å². The fourth-order valence-corrected chi connectivity index (χ4v) is 4.07. The molecule has 0 unspecified atom stereocenters. The molecular formula is C16H12N4OS2. The summed E-state index contributed by atoms with van der Waals surface area (Å²) in [4.78, 5) is 17.0. The zero-order valence-electron chi connectivity index (χ0n) is 12.5. The predicted molar refractivity (Wildman–Crippen MR) is 94.5 cm³/mol. The van der Waals surface area contributed by atoms with Gasteiger partial charge in [0, 0.05) is 5.56 Å². The highest BCUT2D eigenvalue weighted by Gasteiger charge is 2.12. The highest BCUT2D eigenvalue weighted by Crippen LogP contribution is 2.29. The van der Waals surface area contributed by atoms with Gasteiger partial charge in [-0.1, -0.05) is 17.4 Å². The number of thiazole rings is 1. The van der Waals surface area contributed by atoms with E-state index < -0.39 is 0 Å². The van der Waals surface area contributed by atoms with Gasteiger partial charge in [-0.3, -0.25) is 10.1 Å². The summed E-state index contributed by atoms with van der Waals surface area (Å²) in [5, 5.41) is 3.48. The highest BCUT2D eigenvalue weighted by molar-refractivity contribution is 7.22. The lowest BCUT2D eigenvalue weighted by Crippen LogP contribution is -2.11. The lowest BCUT2D eigenvalue weighted by molar-refractivity contribution is 0.102. The predicted octanol–water partition coefficient (Wildman–Crippen LogP) is 4.17. The Bertz CT molecular complexity index is 1050. The Morgan fingerprint density at radius 1 is 1.09 bits per heavy atom. The van der Waals surface area contributed by atoms with Crippen LogP contribution in [0.2, 0.25) is 0 Å². The number of carbonyl (C=O) groups excluding carboxylic acids is 1. The van der Waals surface area contributed by atoms with Crippen LogP contribution in [0.4, 0.5) is 5.13 Å². The Morgan fingerprint density at radius 2 is 1.91 bits per heavy atom. The van der Waals surface area contributed by atoms with E-state index in [0.29, 0.717) is 10.7 Å². The monoisotopic (exact) mass is 340 g/mol. The highest BCUT2D eigenvalue weighted by atomic mass is 32.1. The van der Waals surface area contributed by atoms with Gasteiger partial charge in [0.2, 0.25) is 0 Å². The van der Waals surface area contributed by atoms with E-state index >= 15 is 0 Å². The number of rotatable bonds is 2. The third-order valence-corrected chi connectivity index (χ3v) is 5.04. The molecule has 0 atom stereocenters. The molecule has 0 saturated heterocycles. The van der Waals surface area contributed by atoms with Crippen molar-refractivity contribution in [1.29, 1.82) is 0 Å². The number of fused-ring (bicyclic) bond motifs is 2. The summed E-state index contributed by atoms with van der Waals surface area (Å²) in [6, 6.07) is 9.48. The molecule has 1 amide bonds. The molecule has 23 heavy (non-hydrogen) atoms. The van der Waals surface area contributed by atoms with Crippen molar-refractivity contribution in [2.75, 3.05) is 5.32 Å². The number of anilines is 1. The maximum atomic E-state index is 12.4. The van der Waals surface area contributed by atoms with E-state index in [0.717, 1.165) is 38.5 Å². The van der Waals surface area contributed by atoms with Crippen LogP contribution in [0.5, 0.6) is 0 Å². The van der Waals surface area contributed by atoms with Crippen molar-refractivity contribution in [3.05, 3.63) is 47.0 Å². The molecule has 2 aromatic heterocycles. The summed E-state index contributed by atoms with van der Waals surface area (Å²) >= 11 is 2.63. The standard InChI is InChI=1S/C16H12N4OS2/c1-8-5-9(2)14-13(6-8)22-16(17-14)18-15(21)10-3-4-11-12(7-10)20-23-19-11/h3-7H,1-2H3,(H,17,18,21). The summed E-state index contributed by atoms with van der Waals surface area (Å²) in [7, 11) is 0. The van der Waals surface area contributed by atoms with Gasteiger partial charge in [0.25, 0.3) is 5.91 Å². The topological polar surface area (TPSA) is 67.8 Å². The van der Waals surface area contributed by atoms with Crippen LogP contribution in [0.15, 0.2) is 30.3 Å². The van der Waals surface area contributed by atoms with Crippen LogP contribution in [0.25, 0.3) is 21.3 Å². The Hall–Kier alpha value is -2.38. The van der Waals surface area contributed by atoms with Crippen LogP contribution in [0.1, 0.15) is 21.5 Å². The van der Waals surface area contributed by atoms with Gasteiger partial charge >= 0.3 is 0 Å². The number of nitrogens with one attached hydrogen (secondary N) is 1. The largest absolute Gasteiger partial charge is 0.298 e. The molecule has 4 rings (SSSR count). The van der Waals surface area contributed by atoms with Gasteiger partial charge in [-0.2, -0.15) is 8.75 Å². The van der Waals surface area contributed by atoms with Crippen molar-refractivity contribution < 1.29 is 4.79 Å². The second-order valence-electron chi connectivity index (χ2n) is 5.37. The van der Waals surface area contributed by atoms with Gasteiger partial charge in [0.1, 0.15) is 11.0 Å². The van der Waals surface area contributed by atoms with Crippen molar-refractivity contribution in [2.45, 2.75) is 13.8 Å². The van der Waals surface area contributed by atoms with Crippen LogP contribution < -0.4 is 5.32 Å².